The third-order valence-electron chi connectivity index (χ3n) is 4.60. The summed E-state index contributed by atoms with van der Waals surface area (Å²) in [4.78, 5) is 15.5. The van der Waals surface area contributed by atoms with Crippen LogP contribution in [0.1, 0.15) is 23.1 Å². The molecular formula is C21H19N3O. The van der Waals surface area contributed by atoms with E-state index in [0.717, 1.165) is 35.0 Å². The number of para-hydroxylation sites is 1. The Labute approximate surface area is 146 Å². The number of hydrogen-bond acceptors (Lipinski definition) is 2. The standard InChI is InChI=1S/C21H19N3O/c1-14-6-5-9-17-16(13-22-20(14)17)12-18-19(23-24-21(18)25)11-10-15-7-3-2-4-8-15/h2-9,12-13,22H,10-11H2,1H3,(H,24,25). The smallest absolute Gasteiger partial charge is 0.273 e. The molecule has 0 aliphatic carbocycles. The molecule has 0 atom stereocenters. The van der Waals surface area contributed by atoms with Gasteiger partial charge in [-0.25, -0.2) is 5.43 Å². The van der Waals surface area contributed by atoms with Gasteiger partial charge in [-0.3, -0.25) is 4.79 Å². The van der Waals surface area contributed by atoms with Crippen LogP contribution in [-0.4, -0.2) is 16.6 Å². The first-order chi connectivity index (χ1) is 12.2. The van der Waals surface area contributed by atoms with E-state index in [2.05, 4.69) is 46.7 Å². The Balaban J connectivity index is 1.62. The first-order valence-electron chi connectivity index (χ1n) is 8.42. The SMILES string of the molecule is Cc1cccc2c(C=C3C(=O)NN=C3CCc3ccccc3)c[nH]c12. The average molecular weight is 329 g/mol. The summed E-state index contributed by atoms with van der Waals surface area (Å²) >= 11 is 0. The van der Waals surface area contributed by atoms with Gasteiger partial charge in [0.05, 0.1) is 11.3 Å². The van der Waals surface area contributed by atoms with Gasteiger partial charge in [0.25, 0.3) is 5.91 Å². The van der Waals surface area contributed by atoms with E-state index in [4.69, 9.17) is 0 Å². The van der Waals surface area contributed by atoms with E-state index in [1.807, 2.05) is 36.5 Å². The number of nitrogens with zero attached hydrogens (tertiary/aromatic N) is 1. The molecule has 4 nitrogen and oxygen atoms in total. The number of hydrazone groups is 1. The predicted octanol–water partition coefficient (Wildman–Crippen LogP) is 3.98. The molecule has 3 aromatic rings. The summed E-state index contributed by atoms with van der Waals surface area (Å²) in [6, 6.07) is 16.4. The molecule has 4 heteroatoms. The molecule has 0 bridgehead atoms. The highest BCUT2D eigenvalue weighted by Crippen LogP contribution is 2.25. The van der Waals surface area contributed by atoms with Crippen molar-refractivity contribution < 1.29 is 4.79 Å². The minimum absolute atomic E-state index is 0.134. The van der Waals surface area contributed by atoms with Crippen LogP contribution < -0.4 is 5.43 Å². The fourth-order valence-corrected chi connectivity index (χ4v) is 3.22. The van der Waals surface area contributed by atoms with Crippen LogP contribution >= 0.6 is 0 Å². The number of hydrogen-bond donors (Lipinski definition) is 2. The van der Waals surface area contributed by atoms with Crippen LogP contribution in [0.5, 0.6) is 0 Å². The van der Waals surface area contributed by atoms with Gasteiger partial charge in [-0.05, 0) is 37.0 Å². The van der Waals surface area contributed by atoms with Crippen molar-refractivity contribution in [1.82, 2.24) is 10.4 Å². The van der Waals surface area contributed by atoms with E-state index in [9.17, 15) is 4.79 Å². The van der Waals surface area contributed by atoms with Gasteiger partial charge in [0.15, 0.2) is 0 Å². The molecule has 124 valence electrons. The number of aryl methyl sites for hydroxylation is 2. The summed E-state index contributed by atoms with van der Waals surface area (Å²) in [6.07, 6.45) is 5.48. The molecule has 1 aliphatic heterocycles. The molecule has 0 spiro atoms. The zero-order valence-corrected chi connectivity index (χ0v) is 14.0. The first kappa shape index (κ1) is 15.4. The lowest BCUT2D eigenvalue weighted by molar-refractivity contribution is -0.116. The Hall–Kier alpha value is -3.14. The molecule has 2 N–H and O–H groups in total. The predicted molar refractivity (Wildman–Crippen MR) is 101 cm³/mol. The van der Waals surface area contributed by atoms with Gasteiger partial charge < -0.3 is 4.98 Å². The number of amides is 1. The fraction of sp³-hybridized carbons (Fsp3) is 0.143. The second kappa shape index (κ2) is 6.40. The summed E-state index contributed by atoms with van der Waals surface area (Å²) in [6.45, 7) is 2.07. The van der Waals surface area contributed by atoms with E-state index in [0.29, 0.717) is 5.57 Å². The zero-order valence-electron chi connectivity index (χ0n) is 14.0. The first-order valence-corrected chi connectivity index (χ1v) is 8.42. The van der Waals surface area contributed by atoms with Gasteiger partial charge >= 0.3 is 0 Å². The van der Waals surface area contributed by atoms with Gasteiger partial charge in [-0.1, -0.05) is 48.5 Å². The van der Waals surface area contributed by atoms with Crippen molar-refractivity contribution >= 4 is 28.6 Å². The molecule has 0 saturated carbocycles. The van der Waals surface area contributed by atoms with Crippen LogP contribution in [0.3, 0.4) is 0 Å². The molecule has 2 heterocycles. The number of aromatic amines is 1. The highest BCUT2D eigenvalue weighted by molar-refractivity contribution is 6.28. The Bertz CT molecular complexity index is 996. The maximum absolute atomic E-state index is 12.2. The Morgan fingerprint density at radius 1 is 1.04 bits per heavy atom. The molecule has 0 radical (unpaired) electrons. The normalized spacial score (nSPS) is 15.6. The minimum Gasteiger partial charge on any atom is -0.360 e. The number of H-pyrrole nitrogens is 1. The van der Waals surface area contributed by atoms with Crippen LogP contribution in [-0.2, 0) is 11.2 Å². The van der Waals surface area contributed by atoms with Crippen molar-refractivity contribution in [1.29, 1.82) is 0 Å². The Morgan fingerprint density at radius 2 is 1.88 bits per heavy atom. The highest BCUT2D eigenvalue weighted by Gasteiger charge is 2.22. The minimum atomic E-state index is -0.134. The summed E-state index contributed by atoms with van der Waals surface area (Å²) in [5.41, 5.74) is 8.62. The van der Waals surface area contributed by atoms with Crippen molar-refractivity contribution in [2.24, 2.45) is 5.10 Å². The number of carbonyl (C=O) groups excluding carboxylic acids is 1. The molecule has 0 fully saturated rings. The van der Waals surface area contributed by atoms with Crippen molar-refractivity contribution in [3.8, 4) is 0 Å². The molecule has 25 heavy (non-hydrogen) atoms. The van der Waals surface area contributed by atoms with Gasteiger partial charge in [0, 0.05) is 22.7 Å². The second-order valence-electron chi connectivity index (χ2n) is 6.28. The zero-order chi connectivity index (χ0) is 17.2. The van der Waals surface area contributed by atoms with E-state index in [1.54, 1.807) is 0 Å². The number of rotatable bonds is 4. The lowest BCUT2D eigenvalue weighted by Crippen LogP contribution is -2.13. The van der Waals surface area contributed by atoms with Crippen LogP contribution in [0, 0.1) is 6.92 Å². The maximum Gasteiger partial charge on any atom is 0.273 e. The Kier molecular flexibility index (Phi) is 3.94. The molecule has 0 unspecified atom stereocenters. The summed E-state index contributed by atoms with van der Waals surface area (Å²) in [5.74, 6) is -0.134. The number of nitrogens with one attached hydrogen (secondary N) is 2. The fourth-order valence-electron chi connectivity index (χ4n) is 3.22. The average Bonchev–Trinajstić information content (AvgIpc) is 3.20. The number of aromatic nitrogens is 1. The molecule has 1 aliphatic rings. The van der Waals surface area contributed by atoms with Crippen molar-refractivity contribution in [2.45, 2.75) is 19.8 Å². The van der Waals surface area contributed by atoms with Crippen LogP contribution in [0.4, 0.5) is 0 Å². The van der Waals surface area contributed by atoms with Gasteiger partial charge in [0.2, 0.25) is 0 Å². The van der Waals surface area contributed by atoms with E-state index < -0.39 is 0 Å². The maximum atomic E-state index is 12.2. The van der Waals surface area contributed by atoms with Gasteiger partial charge in [-0.2, -0.15) is 5.10 Å². The molecule has 4 rings (SSSR count). The monoisotopic (exact) mass is 329 g/mol. The molecule has 0 saturated heterocycles. The quantitative estimate of drug-likeness (QED) is 0.699. The van der Waals surface area contributed by atoms with Crippen LogP contribution in [0.2, 0.25) is 0 Å². The van der Waals surface area contributed by atoms with E-state index in [-0.39, 0.29) is 5.91 Å². The molecular weight excluding hydrogens is 310 g/mol. The second-order valence-corrected chi connectivity index (χ2v) is 6.28. The number of benzene rings is 2. The summed E-state index contributed by atoms with van der Waals surface area (Å²) < 4.78 is 0. The van der Waals surface area contributed by atoms with Crippen molar-refractivity contribution in [3.05, 3.63) is 77.0 Å². The van der Waals surface area contributed by atoms with Crippen LogP contribution in [0.25, 0.3) is 17.0 Å². The molecule has 2 aromatic carbocycles. The van der Waals surface area contributed by atoms with E-state index in [1.165, 1.54) is 11.1 Å². The molecule has 1 amide bonds. The third kappa shape index (κ3) is 2.98. The number of carbonyl (C=O) groups is 1. The third-order valence-corrected chi connectivity index (χ3v) is 4.60. The van der Waals surface area contributed by atoms with Gasteiger partial charge in [-0.15, -0.1) is 0 Å². The lowest BCUT2D eigenvalue weighted by atomic mass is 10.00. The largest absolute Gasteiger partial charge is 0.360 e. The highest BCUT2D eigenvalue weighted by atomic mass is 16.2. The van der Waals surface area contributed by atoms with E-state index >= 15 is 0 Å². The van der Waals surface area contributed by atoms with Crippen LogP contribution in [0.15, 0.2) is 65.4 Å². The Morgan fingerprint density at radius 3 is 2.72 bits per heavy atom. The van der Waals surface area contributed by atoms with Crippen molar-refractivity contribution in [2.75, 3.05) is 0 Å². The van der Waals surface area contributed by atoms with Crippen molar-refractivity contribution in [3.63, 3.8) is 0 Å². The summed E-state index contributed by atoms with van der Waals surface area (Å²) in [5, 5.41) is 5.35. The number of fused-ring (bicyclic) bond motifs is 1. The van der Waals surface area contributed by atoms with Gasteiger partial charge in [0.1, 0.15) is 0 Å². The lowest BCUT2D eigenvalue weighted by Gasteiger charge is -2.02. The summed E-state index contributed by atoms with van der Waals surface area (Å²) in [7, 11) is 0. The molecule has 1 aromatic heterocycles. The topological polar surface area (TPSA) is 57.2 Å².